The monoisotopic (exact) mass is 721 g/mol. The number of aromatic nitrogens is 3. The van der Waals surface area contributed by atoms with Crippen LogP contribution in [-0.4, -0.2) is 15.0 Å². The lowest BCUT2D eigenvalue weighted by atomic mass is 9.43. The van der Waals surface area contributed by atoms with Gasteiger partial charge in [-0.15, -0.1) is 0 Å². The molecule has 7 aromatic carbocycles. The quantitative estimate of drug-likeness (QED) is 0.182. The Labute approximate surface area is 325 Å². The van der Waals surface area contributed by atoms with E-state index >= 15 is 0 Å². The van der Waals surface area contributed by atoms with Gasteiger partial charge >= 0.3 is 0 Å². The molecule has 0 saturated heterocycles. The molecular formula is C52H39N3O. The largest absolute Gasteiger partial charge is 0.455 e. The van der Waals surface area contributed by atoms with E-state index in [4.69, 9.17) is 19.4 Å². The van der Waals surface area contributed by atoms with Gasteiger partial charge in [0.2, 0.25) is 0 Å². The molecule has 268 valence electrons. The van der Waals surface area contributed by atoms with Gasteiger partial charge in [0.25, 0.3) is 0 Å². The van der Waals surface area contributed by atoms with E-state index in [1.54, 1.807) is 11.1 Å². The Morgan fingerprint density at radius 2 is 1.18 bits per heavy atom. The third kappa shape index (κ3) is 4.17. The Kier molecular flexibility index (Phi) is 6.37. The molecule has 56 heavy (non-hydrogen) atoms. The minimum atomic E-state index is 0.0402. The summed E-state index contributed by atoms with van der Waals surface area (Å²) >= 11 is 0. The average molecular weight is 722 g/mol. The Hall–Kier alpha value is -6.13. The van der Waals surface area contributed by atoms with E-state index in [9.17, 15) is 0 Å². The molecule has 5 atom stereocenters. The van der Waals surface area contributed by atoms with Crippen molar-refractivity contribution in [1.29, 1.82) is 0 Å². The zero-order valence-electron chi connectivity index (χ0n) is 31.1. The molecule has 2 heterocycles. The maximum Gasteiger partial charge on any atom is 0.167 e. The molecule has 9 aromatic rings. The van der Waals surface area contributed by atoms with Crippen LogP contribution in [-0.2, 0) is 5.41 Å². The van der Waals surface area contributed by atoms with E-state index in [0.717, 1.165) is 50.5 Å². The van der Waals surface area contributed by atoms with Gasteiger partial charge < -0.3 is 4.42 Å². The van der Waals surface area contributed by atoms with Crippen molar-refractivity contribution >= 4 is 43.5 Å². The lowest BCUT2D eigenvalue weighted by Gasteiger charge is -2.60. The highest BCUT2D eigenvalue weighted by Crippen LogP contribution is 2.70. The molecule has 3 saturated carbocycles. The molecule has 0 radical (unpaired) electrons. The Morgan fingerprint density at radius 3 is 2.05 bits per heavy atom. The summed E-state index contributed by atoms with van der Waals surface area (Å²) in [5.41, 5.74) is 10.7. The first kappa shape index (κ1) is 31.1. The SMILES string of the molecule is c1ccc(-c2nc(-c3ccc4c5c(ccc4c3)-c3ccc4ccccc4c3C53C4CCC5CCC(C4)CC53)nc(-c3cccc4c3oc3ccccc34)n2)cc1. The van der Waals surface area contributed by atoms with Crippen LogP contribution in [0.3, 0.4) is 0 Å². The fourth-order valence-electron chi connectivity index (χ4n) is 12.3. The van der Waals surface area contributed by atoms with Crippen LogP contribution in [0.25, 0.3) is 88.8 Å². The van der Waals surface area contributed by atoms with Crippen LogP contribution in [0, 0.1) is 23.7 Å². The molecule has 0 aliphatic heterocycles. The van der Waals surface area contributed by atoms with Crippen LogP contribution in [0.2, 0.25) is 0 Å². The van der Waals surface area contributed by atoms with Crippen LogP contribution in [0.15, 0.2) is 144 Å². The summed E-state index contributed by atoms with van der Waals surface area (Å²) in [7, 11) is 0. The van der Waals surface area contributed by atoms with Crippen LogP contribution in [0.5, 0.6) is 0 Å². The van der Waals surface area contributed by atoms with E-state index in [2.05, 4.69) is 109 Å². The second-order valence-corrected chi connectivity index (χ2v) is 17.0. The molecule has 1 spiro atoms. The molecule has 4 heteroatoms. The lowest BCUT2D eigenvalue weighted by molar-refractivity contribution is -0.0308. The molecule has 0 N–H and O–H groups in total. The van der Waals surface area contributed by atoms with Gasteiger partial charge in [-0.05, 0) is 118 Å². The summed E-state index contributed by atoms with van der Waals surface area (Å²) in [4.78, 5) is 15.5. The maximum absolute atomic E-state index is 6.49. The van der Waals surface area contributed by atoms with Gasteiger partial charge in [-0.25, -0.2) is 15.0 Å². The van der Waals surface area contributed by atoms with Gasteiger partial charge in [-0.3, -0.25) is 0 Å². The second kappa shape index (κ2) is 11.5. The fraction of sp³-hybridized carbons (Fsp3) is 0.212. The van der Waals surface area contributed by atoms with E-state index in [1.807, 2.05) is 30.3 Å². The molecule has 2 aromatic heterocycles. The highest BCUT2D eigenvalue weighted by Gasteiger charge is 2.62. The van der Waals surface area contributed by atoms with Crippen LogP contribution in [0.4, 0.5) is 0 Å². The van der Waals surface area contributed by atoms with Crippen molar-refractivity contribution in [3.8, 4) is 45.3 Å². The molecule has 13 rings (SSSR count). The summed E-state index contributed by atoms with van der Waals surface area (Å²) in [5, 5.41) is 7.64. The number of fused-ring (bicyclic) bond motifs is 11. The highest BCUT2D eigenvalue weighted by atomic mass is 16.3. The van der Waals surface area contributed by atoms with Gasteiger partial charge in [0.15, 0.2) is 17.5 Å². The zero-order valence-corrected chi connectivity index (χ0v) is 31.1. The van der Waals surface area contributed by atoms with Crippen molar-refractivity contribution in [1.82, 2.24) is 15.0 Å². The topological polar surface area (TPSA) is 51.8 Å². The molecule has 0 amide bonds. The maximum atomic E-state index is 6.49. The third-order valence-corrected chi connectivity index (χ3v) is 14.5. The number of benzene rings is 7. The fourth-order valence-corrected chi connectivity index (χ4v) is 12.3. The van der Waals surface area contributed by atoms with Gasteiger partial charge in [0.1, 0.15) is 11.2 Å². The van der Waals surface area contributed by atoms with Crippen LogP contribution in [0.1, 0.15) is 49.7 Å². The summed E-state index contributed by atoms with van der Waals surface area (Å²) < 4.78 is 6.49. The molecule has 4 aliphatic rings. The molecule has 4 aliphatic carbocycles. The minimum Gasteiger partial charge on any atom is -0.455 e. The first-order valence-corrected chi connectivity index (χ1v) is 20.5. The first-order chi connectivity index (χ1) is 27.7. The molecular weight excluding hydrogens is 683 g/mol. The zero-order chi connectivity index (χ0) is 36.5. The molecule has 3 fully saturated rings. The third-order valence-electron chi connectivity index (χ3n) is 14.5. The Bertz CT molecular complexity index is 3090. The number of rotatable bonds is 3. The molecule has 4 nitrogen and oxygen atoms in total. The first-order valence-electron chi connectivity index (χ1n) is 20.5. The summed E-state index contributed by atoms with van der Waals surface area (Å²) in [6.07, 6.45) is 8.26. The van der Waals surface area contributed by atoms with Crippen LogP contribution < -0.4 is 0 Å². The highest BCUT2D eigenvalue weighted by molar-refractivity contribution is 6.09. The van der Waals surface area contributed by atoms with Crippen molar-refractivity contribution in [2.75, 3.05) is 0 Å². The number of furan rings is 1. The molecule has 3 bridgehead atoms. The number of para-hydroxylation sites is 2. The minimum absolute atomic E-state index is 0.0402. The van der Waals surface area contributed by atoms with Crippen molar-refractivity contribution in [2.24, 2.45) is 23.7 Å². The van der Waals surface area contributed by atoms with Crippen LogP contribution >= 0.6 is 0 Å². The van der Waals surface area contributed by atoms with Gasteiger partial charge in [-0.1, -0.05) is 128 Å². The normalized spacial score (nSPS) is 23.4. The summed E-state index contributed by atoms with van der Waals surface area (Å²) in [6.45, 7) is 0. The van der Waals surface area contributed by atoms with Gasteiger partial charge in [0.05, 0.1) is 5.56 Å². The van der Waals surface area contributed by atoms with Gasteiger partial charge in [-0.2, -0.15) is 0 Å². The Morgan fingerprint density at radius 1 is 0.482 bits per heavy atom. The predicted molar refractivity (Wildman–Crippen MR) is 226 cm³/mol. The average Bonchev–Trinajstić information content (AvgIpc) is 3.78. The van der Waals surface area contributed by atoms with Crippen molar-refractivity contribution in [3.63, 3.8) is 0 Å². The van der Waals surface area contributed by atoms with E-state index < -0.39 is 0 Å². The number of nitrogens with zero attached hydrogens (tertiary/aromatic N) is 3. The number of hydrogen-bond acceptors (Lipinski definition) is 4. The van der Waals surface area contributed by atoms with Crippen molar-refractivity contribution < 1.29 is 4.42 Å². The second-order valence-electron chi connectivity index (χ2n) is 17.0. The van der Waals surface area contributed by atoms with Crippen molar-refractivity contribution in [2.45, 2.75) is 43.9 Å². The van der Waals surface area contributed by atoms with E-state index in [1.165, 1.54) is 71.2 Å². The standard InChI is InChI=1S/C52H39N3O/c1-2-10-33(11-3-1)49-53-50(55-51(54-49)43-15-8-14-42-39-13-6-7-16-45(39)56-48(42)43)35-22-24-38-34(29-35)21-26-41-40-25-20-31-9-4-5-12-37(31)46(40)52(47(38)41)36-23-19-32-18-17-30(27-36)28-44(32)52/h1-16,20-22,24-26,29-30,32,36,44H,17-19,23,27-28H2. The summed E-state index contributed by atoms with van der Waals surface area (Å²) in [5.74, 6) is 4.95. The molecule has 5 unspecified atom stereocenters. The van der Waals surface area contributed by atoms with E-state index in [0.29, 0.717) is 29.3 Å². The van der Waals surface area contributed by atoms with E-state index in [-0.39, 0.29) is 5.41 Å². The lowest BCUT2D eigenvalue weighted by Crippen LogP contribution is -2.55. The number of hydrogen-bond donors (Lipinski definition) is 0. The smallest absolute Gasteiger partial charge is 0.167 e. The Balaban J connectivity index is 1.03. The summed E-state index contributed by atoms with van der Waals surface area (Å²) in [6, 6.07) is 50.6. The predicted octanol–water partition coefficient (Wildman–Crippen LogP) is 13.2. The van der Waals surface area contributed by atoms with Crippen molar-refractivity contribution in [3.05, 3.63) is 151 Å². The van der Waals surface area contributed by atoms with Gasteiger partial charge in [0, 0.05) is 27.3 Å².